The number of rotatable bonds is 5. The molecular weight excluding hydrogens is 318 g/mol. The number of H-pyrrole nitrogens is 1. The van der Waals surface area contributed by atoms with E-state index in [1.165, 1.54) is 7.11 Å². The average molecular weight is 337 g/mol. The number of methoxy groups -OCH3 is 1. The van der Waals surface area contributed by atoms with Crippen molar-refractivity contribution in [2.24, 2.45) is 0 Å². The number of para-hydroxylation sites is 2. The Balaban J connectivity index is 1.84. The van der Waals surface area contributed by atoms with E-state index in [0.29, 0.717) is 17.7 Å². The quantitative estimate of drug-likeness (QED) is 0.491. The van der Waals surface area contributed by atoms with Gasteiger partial charge >= 0.3 is 5.97 Å². The van der Waals surface area contributed by atoms with E-state index >= 15 is 0 Å². The third-order valence-corrected chi connectivity index (χ3v) is 4.10. The highest BCUT2D eigenvalue weighted by atomic mass is 16.5. The van der Waals surface area contributed by atoms with Crippen LogP contribution < -0.4 is 11.1 Å². The first-order valence-electron chi connectivity index (χ1n) is 7.88. The smallest absolute Gasteiger partial charge is 0.328 e. The molecule has 4 N–H and O–H groups in total. The van der Waals surface area contributed by atoms with Crippen molar-refractivity contribution in [2.75, 3.05) is 12.8 Å². The van der Waals surface area contributed by atoms with Crippen molar-refractivity contribution in [3.63, 3.8) is 0 Å². The third kappa shape index (κ3) is 3.47. The fourth-order valence-electron chi connectivity index (χ4n) is 2.80. The number of anilines is 1. The van der Waals surface area contributed by atoms with Crippen molar-refractivity contribution >= 4 is 28.5 Å². The van der Waals surface area contributed by atoms with Crippen LogP contribution in [-0.4, -0.2) is 30.0 Å². The van der Waals surface area contributed by atoms with Crippen LogP contribution in [0.2, 0.25) is 0 Å². The van der Waals surface area contributed by atoms with Crippen LogP contribution in [0.15, 0.2) is 54.7 Å². The molecule has 0 aliphatic carbocycles. The zero-order valence-corrected chi connectivity index (χ0v) is 13.8. The molecule has 0 aliphatic heterocycles. The maximum atomic E-state index is 12.5. The van der Waals surface area contributed by atoms with Gasteiger partial charge in [-0.3, -0.25) is 4.79 Å². The molecule has 0 spiro atoms. The van der Waals surface area contributed by atoms with Gasteiger partial charge in [0.25, 0.3) is 5.91 Å². The van der Waals surface area contributed by atoms with Crippen LogP contribution in [0.25, 0.3) is 10.9 Å². The molecule has 0 bridgehead atoms. The summed E-state index contributed by atoms with van der Waals surface area (Å²) in [6, 6.07) is 13.7. The fourth-order valence-corrected chi connectivity index (χ4v) is 2.80. The Kier molecular flexibility index (Phi) is 4.70. The summed E-state index contributed by atoms with van der Waals surface area (Å²) in [6.45, 7) is 0. The molecule has 128 valence electrons. The first kappa shape index (κ1) is 16.6. The molecule has 1 amide bonds. The highest BCUT2D eigenvalue weighted by Crippen LogP contribution is 2.20. The van der Waals surface area contributed by atoms with Crippen molar-refractivity contribution in [2.45, 2.75) is 12.5 Å². The highest BCUT2D eigenvalue weighted by molar-refractivity contribution is 6.01. The number of benzene rings is 2. The van der Waals surface area contributed by atoms with E-state index in [1.807, 2.05) is 30.5 Å². The minimum absolute atomic E-state index is 0.315. The number of fused-ring (bicyclic) bond motifs is 1. The molecule has 0 aliphatic rings. The molecule has 3 rings (SSSR count). The molecule has 25 heavy (non-hydrogen) atoms. The summed E-state index contributed by atoms with van der Waals surface area (Å²) >= 11 is 0. The number of carbonyl (C=O) groups excluding carboxylic acids is 2. The zero-order valence-electron chi connectivity index (χ0n) is 13.8. The fraction of sp³-hybridized carbons (Fsp3) is 0.158. The van der Waals surface area contributed by atoms with Crippen molar-refractivity contribution in [1.29, 1.82) is 0 Å². The standard InChI is InChI=1S/C19H19N3O3/c1-25-19(24)17(22-18(23)14-7-2-4-8-15(14)20)10-12-11-21-16-9-5-3-6-13(12)16/h2-9,11,17,21H,10,20H2,1H3,(H,22,23)/t17-/m1/s1. The van der Waals surface area contributed by atoms with E-state index in [9.17, 15) is 9.59 Å². The van der Waals surface area contributed by atoms with E-state index in [1.54, 1.807) is 24.3 Å². The number of nitrogen functional groups attached to an aromatic ring is 1. The lowest BCUT2D eigenvalue weighted by atomic mass is 10.0. The first-order valence-corrected chi connectivity index (χ1v) is 7.88. The Morgan fingerprint density at radius 2 is 1.88 bits per heavy atom. The number of hydrogen-bond acceptors (Lipinski definition) is 4. The lowest BCUT2D eigenvalue weighted by molar-refractivity contribution is -0.142. The Morgan fingerprint density at radius 1 is 1.16 bits per heavy atom. The van der Waals surface area contributed by atoms with Crippen LogP contribution in [0, 0.1) is 0 Å². The number of nitrogens with two attached hydrogens (primary N) is 1. The van der Waals surface area contributed by atoms with E-state index in [2.05, 4.69) is 10.3 Å². The molecule has 1 atom stereocenters. The lowest BCUT2D eigenvalue weighted by Gasteiger charge is -2.17. The molecule has 1 heterocycles. The number of nitrogens with one attached hydrogen (secondary N) is 2. The maximum absolute atomic E-state index is 12.5. The lowest BCUT2D eigenvalue weighted by Crippen LogP contribution is -2.43. The van der Waals surface area contributed by atoms with Crippen LogP contribution in [0.3, 0.4) is 0 Å². The van der Waals surface area contributed by atoms with Crippen LogP contribution in [0.1, 0.15) is 15.9 Å². The van der Waals surface area contributed by atoms with Gasteiger partial charge in [-0.15, -0.1) is 0 Å². The minimum atomic E-state index is -0.809. The molecule has 6 heteroatoms. The summed E-state index contributed by atoms with van der Waals surface area (Å²) in [6.07, 6.45) is 2.15. The van der Waals surface area contributed by atoms with Crippen molar-refractivity contribution < 1.29 is 14.3 Å². The average Bonchev–Trinajstić information content (AvgIpc) is 3.04. The van der Waals surface area contributed by atoms with Crippen molar-refractivity contribution in [3.05, 3.63) is 65.9 Å². The summed E-state index contributed by atoms with van der Waals surface area (Å²) in [5.74, 6) is -0.915. The maximum Gasteiger partial charge on any atom is 0.328 e. The normalized spacial score (nSPS) is 11.9. The number of carbonyl (C=O) groups is 2. The monoisotopic (exact) mass is 337 g/mol. The molecule has 0 radical (unpaired) electrons. The van der Waals surface area contributed by atoms with Gasteiger partial charge < -0.3 is 20.8 Å². The topological polar surface area (TPSA) is 97.2 Å². The molecule has 3 aromatic rings. The first-order chi connectivity index (χ1) is 12.1. The Labute approximate surface area is 145 Å². The SMILES string of the molecule is COC(=O)[C@@H](Cc1c[nH]c2ccccc12)NC(=O)c1ccccc1N. The largest absolute Gasteiger partial charge is 0.467 e. The summed E-state index contributed by atoms with van der Waals surface area (Å²) in [5.41, 5.74) is 8.42. The summed E-state index contributed by atoms with van der Waals surface area (Å²) < 4.78 is 4.85. The third-order valence-electron chi connectivity index (χ3n) is 4.10. The molecule has 1 aromatic heterocycles. The Bertz CT molecular complexity index is 917. The molecule has 0 unspecified atom stereocenters. The minimum Gasteiger partial charge on any atom is -0.467 e. The van der Waals surface area contributed by atoms with Gasteiger partial charge in [-0.1, -0.05) is 30.3 Å². The molecule has 0 saturated heterocycles. The van der Waals surface area contributed by atoms with E-state index in [0.717, 1.165) is 16.5 Å². The molecule has 2 aromatic carbocycles. The van der Waals surface area contributed by atoms with E-state index in [4.69, 9.17) is 10.5 Å². The Morgan fingerprint density at radius 3 is 2.64 bits per heavy atom. The van der Waals surface area contributed by atoms with Gasteiger partial charge in [-0.2, -0.15) is 0 Å². The van der Waals surface area contributed by atoms with Gasteiger partial charge in [0.2, 0.25) is 0 Å². The summed E-state index contributed by atoms with van der Waals surface area (Å²) in [5, 5.41) is 3.72. The van der Waals surface area contributed by atoms with Gasteiger partial charge in [0.1, 0.15) is 6.04 Å². The number of aromatic amines is 1. The van der Waals surface area contributed by atoms with Crippen LogP contribution >= 0.6 is 0 Å². The number of esters is 1. The molecule has 0 fully saturated rings. The second kappa shape index (κ2) is 7.09. The predicted octanol–water partition coefficient (Wildman–Crippen LogP) is 2.26. The summed E-state index contributed by atoms with van der Waals surface area (Å²) in [4.78, 5) is 27.8. The second-order valence-corrected chi connectivity index (χ2v) is 5.70. The number of ether oxygens (including phenoxy) is 1. The van der Waals surface area contributed by atoms with Crippen LogP contribution in [-0.2, 0) is 16.0 Å². The van der Waals surface area contributed by atoms with Gasteiger partial charge in [-0.05, 0) is 23.8 Å². The molecular formula is C19H19N3O3. The molecule has 0 saturated carbocycles. The van der Waals surface area contributed by atoms with Crippen LogP contribution in [0.4, 0.5) is 5.69 Å². The highest BCUT2D eigenvalue weighted by Gasteiger charge is 2.24. The second-order valence-electron chi connectivity index (χ2n) is 5.70. The van der Waals surface area contributed by atoms with Gasteiger partial charge in [0.05, 0.1) is 12.7 Å². The van der Waals surface area contributed by atoms with Gasteiger partial charge in [0.15, 0.2) is 0 Å². The number of aromatic nitrogens is 1. The summed E-state index contributed by atoms with van der Waals surface area (Å²) in [7, 11) is 1.30. The predicted molar refractivity (Wildman–Crippen MR) is 96.1 cm³/mol. The number of amides is 1. The van der Waals surface area contributed by atoms with Gasteiger partial charge in [0, 0.05) is 29.2 Å². The van der Waals surface area contributed by atoms with E-state index < -0.39 is 17.9 Å². The Hall–Kier alpha value is -3.28. The van der Waals surface area contributed by atoms with Gasteiger partial charge in [-0.25, -0.2) is 4.79 Å². The molecule has 6 nitrogen and oxygen atoms in total. The zero-order chi connectivity index (χ0) is 17.8. The van der Waals surface area contributed by atoms with E-state index in [-0.39, 0.29) is 0 Å². The number of hydrogen-bond donors (Lipinski definition) is 3. The van der Waals surface area contributed by atoms with Crippen molar-refractivity contribution in [3.8, 4) is 0 Å². The van der Waals surface area contributed by atoms with Crippen LogP contribution in [0.5, 0.6) is 0 Å². The van der Waals surface area contributed by atoms with Crippen molar-refractivity contribution in [1.82, 2.24) is 10.3 Å².